The van der Waals surface area contributed by atoms with Gasteiger partial charge in [0.1, 0.15) is 5.82 Å². The molecule has 5 N–H and O–H groups in total. The summed E-state index contributed by atoms with van der Waals surface area (Å²) in [6.07, 6.45) is 4.89. The summed E-state index contributed by atoms with van der Waals surface area (Å²) < 4.78 is 1.80. The molecular formula is C20H22N6. The van der Waals surface area contributed by atoms with Crippen molar-refractivity contribution in [3.63, 3.8) is 0 Å². The number of nitrogen functional groups attached to an aromatic ring is 2. The van der Waals surface area contributed by atoms with Crippen molar-refractivity contribution in [2.24, 2.45) is 5.92 Å². The Bertz CT molecular complexity index is 988. The Morgan fingerprint density at radius 2 is 1.92 bits per heavy atom. The monoisotopic (exact) mass is 346 g/mol. The van der Waals surface area contributed by atoms with Crippen molar-refractivity contribution >= 4 is 22.5 Å². The third kappa shape index (κ3) is 3.09. The van der Waals surface area contributed by atoms with E-state index >= 15 is 0 Å². The van der Waals surface area contributed by atoms with Crippen LogP contribution in [0.2, 0.25) is 0 Å². The number of fused-ring (bicyclic) bond motifs is 1. The van der Waals surface area contributed by atoms with Crippen molar-refractivity contribution in [2.75, 3.05) is 24.6 Å². The Morgan fingerprint density at radius 3 is 2.77 bits per heavy atom. The number of aromatic nitrogens is 3. The van der Waals surface area contributed by atoms with Crippen LogP contribution in [0.5, 0.6) is 0 Å². The second-order valence-electron chi connectivity index (χ2n) is 6.60. The smallest absolute Gasteiger partial charge is 0.153 e. The van der Waals surface area contributed by atoms with E-state index in [2.05, 4.69) is 27.2 Å². The van der Waals surface area contributed by atoms with Gasteiger partial charge in [-0.1, -0.05) is 24.0 Å². The summed E-state index contributed by atoms with van der Waals surface area (Å²) >= 11 is 0. The quantitative estimate of drug-likeness (QED) is 0.619. The molecule has 26 heavy (non-hydrogen) atoms. The largest absolute Gasteiger partial charge is 0.383 e. The van der Waals surface area contributed by atoms with Crippen LogP contribution in [0.4, 0.5) is 11.6 Å². The van der Waals surface area contributed by atoms with Crippen molar-refractivity contribution in [1.82, 2.24) is 20.1 Å². The molecule has 1 aliphatic rings. The molecule has 1 aliphatic heterocycles. The molecule has 1 saturated heterocycles. The highest BCUT2D eigenvalue weighted by Crippen LogP contribution is 2.26. The predicted molar refractivity (Wildman–Crippen MR) is 105 cm³/mol. The maximum atomic E-state index is 6.13. The fourth-order valence-corrected chi connectivity index (χ4v) is 3.42. The third-order valence-electron chi connectivity index (χ3n) is 4.87. The van der Waals surface area contributed by atoms with Crippen LogP contribution in [0.15, 0.2) is 36.5 Å². The number of hydrogen-bond acceptors (Lipinski definition) is 5. The van der Waals surface area contributed by atoms with Crippen molar-refractivity contribution in [2.45, 2.75) is 19.3 Å². The number of nitrogens with one attached hydrogen (secondary N) is 1. The van der Waals surface area contributed by atoms with Gasteiger partial charge in [-0.25, -0.2) is 9.67 Å². The van der Waals surface area contributed by atoms with Gasteiger partial charge in [0.2, 0.25) is 0 Å². The molecule has 4 rings (SSSR count). The maximum absolute atomic E-state index is 6.13. The number of rotatable bonds is 2. The number of nitrogens with zero attached hydrogens (tertiary/aromatic N) is 3. The van der Waals surface area contributed by atoms with E-state index in [1.807, 2.05) is 30.3 Å². The highest BCUT2D eigenvalue weighted by Gasteiger charge is 2.14. The molecule has 0 spiro atoms. The van der Waals surface area contributed by atoms with E-state index in [9.17, 15) is 0 Å². The molecule has 3 heterocycles. The van der Waals surface area contributed by atoms with Crippen LogP contribution < -0.4 is 16.8 Å². The van der Waals surface area contributed by atoms with Crippen LogP contribution >= 0.6 is 0 Å². The van der Waals surface area contributed by atoms with Gasteiger partial charge in [0.05, 0.1) is 16.8 Å². The van der Waals surface area contributed by atoms with Crippen LogP contribution in [-0.4, -0.2) is 27.9 Å². The molecule has 0 aliphatic carbocycles. The number of hydrogen-bond donors (Lipinski definition) is 3. The fraction of sp³-hybridized carbons (Fsp3) is 0.300. The summed E-state index contributed by atoms with van der Waals surface area (Å²) in [7, 11) is 0. The van der Waals surface area contributed by atoms with Crippen molar-refractivity contribution in [3.8, 4) is 17.5 Å². The van der Waals surface area contributed by atoms with Crippen LogP contribution in [0.3, 0.4) is 0 Å². The molecule has 0 saturated carbocycles. The Kier molecular flexibility index (Phi) is 4.46. The molecule has 1 aromatic carbocycles. The Morgan fingerprint density at radius 1 is 1.12 bits per heavy atom. The molecule has 0 bridgehead atoms. The number of nitrogens with two attached hydrogens (primary N) is 2. The van der Waals surface area contributed by atoms with Crippen LogP contribution in [0.25, 0.3) is 16.6 Å². The normalized spacial score (nSPS) is 14.9. The highest BCUT2D eigenvalue weighted by molar-refractivity contribution is 5.90. The van der Waals surface area contributed by atoms with Gasteiger partial charge >= 0.3 is 0 Å². The number of pyridine rings is 1. The molecule has 0 atom stereocenters. The molecule has 0 radical (unpaired) electrons. The molecule has 2 aromatic heterocycles. The van der Waals surface area contributed by atoms with Crippen LogP contribution in [-0.2, 0) is 0 Å². The Hall–Kier alpha value is -3.04. The second-order valence-corrected chi connectivity index (χ2v) is 6.60. The minimum absolute atomic E-state index is 0.415. The first-order valence-corrected chi connectivity index (χ1v) is 8.91. The lowest BCUT2D eigenvalue weighted by Crippen LogP contribution is -2.27. The van der Waals surface area contributed by atoms with Gasteiger partial charge in [0, 0.05) is 18.0 Å². The van der Waals surface area contributed by atoms with E-state index in [-0.39, 0.29) is 0 Å². The minimum atomic E-state index is 0.415. The van der Waals surface area contributed by atoms with Gasteiger partial charge < -0.3 is 16.8 Å². The highest BCUT2D eigenvalue weighted by atomic mass is 15.3. The number of anilines is 2. The van der Waals surface area contributed by atoms with Gasteiger partial charge in [-0.2, -0.15) is 0 Å². The van der Waals surface area contributed by atoms with Crippen LogP contribution in [0.1, 0.15) is 24.8 Å². The lowest BCUT2D eigenvalue weighted by atomic mass is 9.95. The van der Waals surface area contributed by atoms with E-state index in [1.54, 1.807) is 10.9 Å². The molecule has 132 valence electrons. The molecule has 0 unspecified atom stereocenters. The average molecular weight is 346 g/mol. The first kappa shape index (κ1) is 16.4. The first-order chi connectivity index (χ1) is 12.7. The van der Waals surface area contributed by atoms with Gasteiger partial charge in [0.15, 0.2) is 5.82 Å². The fourth-order valence-electron chi connectivity index (χ4n) is 3.42. The minimum Gasteiger partial charge on any atom is -0.383 e. The zero-order chi connectivity index (χ0) is 17.9. The number of para-hydroxylation sites is 1. The number of benzene rings is 1. The lowest BCUT2D eigenvalue weighted by Gasteiger charge is -2.20. The van der Waals surface area contributed by atoms with Crippen LogP contribution in [0, 0.1) is 17.8 Å². The molecule has 6 nitrogen and oxygen atoms in total. The average Bonchev–Trinajstić information content (AvgIpc) is 3.01. The SMILES string of the molecule is Nc1nccc(-n2nc(N)c3ccccc32)c1C#CCC1CCNCC1. The zero-order valence-electron chi connectivity index (χ0n) is 14.6. The second kappa shape index (κ2) is 7.06. The van der Waals surface area contributed by atoms with E-state index in [4.69, 9.17) is 11.5 Å². The summed E-state index contributed by atoms with van der Waals surface area (Å²) in [6.45, 7) is 2.15. The van der Waals surface area contributed by atoms with E-state index in [0.29, 0.717) is 23.1 Å². The Balaban J connectivity index is 1.72. The standard InChI is InChI=1S/C20H22N6/c21-19-15(6-3-4-14-8-11-23-12-9-14)18(10-13-24-19)26-17-7-2-1-5-16(17)20(22)25-26/h1-2,5,7,10,13-14,23H,4,8-9,11-12H2,(H2,21,24)(H2,22,25). The summed E-state index contributed by atoms with van der Waals surface area (Å²) in [4.78, 5) is 4.21. The summed E-state index contributed by atoms with van der Waals surface area (Å²) in [5.74, 6) is 8.10. The van der Waals surface area contributed by atoms with Crippen molar-refractivity contribution in [1.29, 1.82) is 0 Å². The summed E-state index contributed by atoms with van der Waals surface area (Å²) in [6, 6.07) is 9.74. The van der Waals surface area contributed by atoms with Gasteiger partial charge in [-0.15, -0.1) is 5.10 Å². The van der Waals surface area contributed by atoms with E-state index in [0.717, 1.165) is 36.1 Å². The molecule has 3 aromatic rings. The Labute approximate surface area is 152 Å². The van der Waals surface area contributed by atoms with E-state index < -0.39 is 0 Å². The maximum Gasteiger partial charge on any atom is 0.153 e. The van der Waals surface area contributed by atoms with Gasteiger partial charge in [-0.05, 0) is 50.0 Å². The zero-order valence-corrected chi connectivity index (χ0v) is 14.6. The number of piperidine rings is 1. The van der Waals surface area contributed by atoms with Crippen molar-refractivity contribution < 1.29 is 0 Å². The third-order valence-corrected chi connectivity index (χ3v) is 4.87. The molecule has 0 amide bonds. The molecular weight excluding hydrogens is 324 g/mol. The summed E-state index contributed by atoms with van der Waals surface area (Å²) in [5.41, 5.74) is 14.7. The predicted octanol–water partition coefficient (Wildman–Crippen LogP) is 2.33. The van der Waals surface area contributed by atoms with Gasteiger partial charge in [0.25, 0.3) is 0 Å². The van der Waals surface area contributed by atoms with Gasteiger partial charge in [-0.3, -0.25) is 0 Å². The summed E-state index contributed by atoms with van der Waals surface area (Å²) in [5, 5.41) is 8.79. The topological polar surface area (TPSA) is 94.8 Å². The first-order valence-electron chi connectivity index (χ1n) is 8.91. The molecule has 1 fully saturated rings. The molecule has 6 heteroatoms. The van der Waals surface area contributed by atoms with E-state index in [1.165, 1.54) is 12.8 Å². The lowest BCUT2D eigenvalue weighted by molar-refractivity contribution is 0.381. The van der Waals surface area contributed by atoms with Crippen molar-refractivity contribution in [3.05, 3.63) is 42.1 Å².